The Morgan fingerprint density at radius 2 is 2.20 bits per heavy atom. The van der Waals surface area contributed by atoms with Gasteiger partial charge >= 0.3 is 0 Å². The number of rotatable bonds is 0. The molecule has 1 radical (unpaired) electrons. The second kappa shape index (κ2) is 2.31. The monoisotopic (exact) mass is 149 g/mol. The summed E-state index contributed by atoms with van der Waals surface area (Å²) in [4.78, 5) is 1.42. The van der Waals surface area contributed by atoms with E-state index in [4.69, 9.17) is 0 Å². The van der Waals surface area contributed by atoms with Crippen LogP contribution >= 0.6 is 11.8 Å². The van der Waals surface area contributed by atoms with Crippen LogP contribution in [0, 0.1) is 6.92 Å². The van der Waals surface area contributed by atoms with Gasteiger partial charge < -0.3 is 0 Å². The van der Waals surface area contributed by atoms with Crippen molar-refractivity contribution in [2.24, 2.45) is 0 Å². The molecular weight excluding hydrogens is 140 g/mol. The molecule has 0 spiro atoms. The minimum atomic E-state index is 0.539. The standard InChI is InChI=1S/C9H9S/c1-7-6-8-4-2-3-5-9(8)10-7/h2-5,7H,1,6H2. The van der Waals surface area contributed by atoms with E-state index in [2.05, 4.69) is 31.2 Å². The fraction of sp³-hybridized carbons (Fsp3) is 0.222. The van der Waals surface area contributed by atoms with Crippen molar-refractivity contribution in [3.8, 4) is 0 Å². The van der Waals surface area contributed by atoms with Crippen LogP contribution in [0.15, 0.2) is 29.2 Å². The Hall–Kier alpha value is -0.430. The first-order valence-corrected chi connectivity index (χ1v) is 4.32. The van der Waals surface area contributed by atoms with Crippen LogP contribution in [0.2, 0.25) is 0 Å². The molecule has 10 heavy (non-hydrogen) atoms. The van der Waals surface area contributed by atoms with Crippen molar-refractivity contribution in [3.05, 3.63) is 36.8 Å². The van der Waals surface area contributed by atoms with E-state index >= 15 is 0 Å². The van der Waals surface area contributed by atoms with Crippen molar-refractivity contribution in [3.63, 3.8) is 0 Å². The highest BCUT2D eigenvalue weighted by Gasteiger charge is 2.16. The predicted molar refractivity (Wildman–Crippen MR) is 45.1 cm³/mol. The highest BCUT2D eigenvalue weighted by atomic mass is 32.2. The van der Waals surface area contributed by atoms with Crippen LogP contribution in [0.5, 0.6) is 0 Å². The first-order valence-electron chi connectivity index (χ1n) is 3.44. The average molecular weight is 149 g/mol. The first kappa shape index (κ1) is 6.29. The molecule has 0 amide bonds. The van der Waals surface area contributed by atoms with Gasteiger partial charge in [-0.3, -0.25) is 0 Å². The maximum absolute atomic E-state index is 4.02. The van der Waals surface area contributed by atoms with Gasteiger partial charge in [0, 0.05) is 10.1 Å². The summed E-state index contributed by atoms with van der Waals surface area (Å²) in [6.07, 6.45) is 1.14. The summed E-state index contributed by atoms with van der Waals surface area (Å²) in [6, 6.07) is 8.54. The SMILES string of the molecule is [CH2]C1Cc2ccccc2S1. The molecule has 0 saturated heterocycles. The molecule has 0 bridgehead atoms. The van der Waals surface area contributed by atoms with Gasteiger partial charge in [0.25, 0.3) is 0 Å². The number of thioether (sulfide) groups is 1. The number of fused-ring (bicyclic) bond motifs is 1. The van der Waals surface area contributed by atoms with E-state index in [1.54, 1.807) is 0 Å². The number of hydrogen-bond acceptors (Lipinski definition) is 1. The van der Waals surface area contributed by atoms with Crippen molar-refractivity contribution >= 4 is 11.8 Å². The third-order valence-corrected chi connectivity index (χ3v) is 2.87. The molecule has 1 aromatic rings. The molecule has 2 rings (SSSR count). The fourth-order valence-corrected chi connectivity index (χ4v) is 2.34. The van der Waals surface area contributed by atoms with Gasteiger partial charge in [-0.05, 0) is 25.0 Å². The van der Waals surface area contributed by atoms with Crippen LogP contribution in [0.3, 0.4) is 0 Å². The van der Waals surface area contributed by atoms with Crippen LogP contribution in [0.25, 0.3) is 0 Å². The van der Waals surface area contributed by atoms with Crippen molar-refractivity contribution in [1.82, 2.24) is 0 Å². The molecule has 1 aliphatic heterocycles. The zero-order valence-corrected chi connectivity index (χ0v) is 6.53. The lowest BCUT2D eigenvalue weighted by Crippen LogP contribution is -1.90. The predicted octanol–water partition coefficient (Wildman–Crippen LogP) is 2.54. The van der Waals surface area contributed by atoms with Crippen LogP contribution in [0.4, 0.5) is 0 Å². The number of benzene rings is 1. The Balaban J connectivity index is 2.42. The molecular formula is C9H9S. The van der Waals surface area contributed by atoms with Gasteiger partial charge in [-0.2, -0.15) is 0 Å². The highest BCUT2D eigenvalue weighted by Crippen LogP contribution is 2.35. The summed E-state index contributed by atoms with van der Waals surface area (Å²) in [6.45, 7) is 4.02. The topological polar surface area (TPSA) is 0 Å². The smallest absolute Gasteiger partial charge is 0.0136 e. The van der Waals surface area contributed by atoms with E-state index in [-0.39, 0.29) is 0 Å². The summed E-state index contributed by atoms with van der Waals surface area (Å²) in [7, 11) is 0. The van der Waals surface area contributed by atoms with E-state index in [1.807, 2.05) is 11.8 Å². The first-order chi connectivity index (χ1) is 4.86. The van der Waals surface area contributed by atoms with E-state index < -0.39 is 0 Å². The molecule has 0 fully saturated rings. The molecule has 0 aliphatic carbocycles. The normalized spacial score (nSPS) is 22.7. The maximum Gasteiger partial charge on any atom is 0.0136 e. The van der Waals surface area contributed by atoms with Crippen molar-refractivity contribution in [1.29, 1.82) is 0 Å². The zero-order valence-electron chi connectivity index (χ0n) is 5.71. The molecule has 1 heteroatoms. The second-order valence-corrected chi connectivity index (χ2v) is 3.89. The Kier molecular flexibility index (Phi) is 1.46. The summed E-state index contributed by atoms with van der Waals surface area (Å²) in [5.74, 6) is 0. The summed E-state index contributed by atoms with van der Waals surface area (Å²) >= 11 is 1.88. The molecule has 1 unspecified atom stereocenters. The van der Waals surface area contributed by atoms with E-state index in [0.29, 0.717) is 5.25 Å². The van der Waals surface area contributed by atoms with E-state index in [1.165, 1.54) is 10.5 Å². The summed E-state index contributed by atoms with van der Waals surface area (Å²) in [5.41, 5.74) is 1.47. The summed E-state index contributed by atoms with van der Waals surface area (Å²) < 4.78 is 0. The molecule has 0 saturated carbocycles. The molecule has 1 heterocycles. The van der Waals surface area contributed by atoms with Crippen molar-refractivity contribution < 1.29 is 0 Å². The zero-order chi connectivity index (χ0) is 6.97. The van der Waals surface area contributed by atoms with Gasteiger partial charge in [0.05, 0.1) is 0 Å². The van der Waals surface area contributed by atoms with Gasteiger partial charge in [-0.25, -0.2) is 0 Å². The Morgan fingerprint density at radius 1 is 1.40 bits per heavy atom. The molecule has 1 atom stereocenters. The van der Waals surface area contributed by atoms with Crippen molar-refractivity contribution in [2.45, 2.75) is 16.6 Å². The third-order valence-electron chi connectivity index (χ3n) is 1.71. The molecule has 0 nitrogen and oxygen atoms in total. The van der Waals surface area contributed by atoms with Crippen LogP contribution in [0.1, 0.15) is 5.56 Å². The Labute approximate surface area is 65.6 Å². The van der Waals surface area contributed by atoms with Gasteiger partial charge in [-0.1, -0.05) is 18.2 Å². The minimum absolute atomic E-state index is 0.539. The lowest BCUT2D eigenvalue weighted by atomic mass is 10.1. The average Bonchev–Trinajstić information content (AvgIpc) is 2.27. The second-order valence-electron chi connectivity index (χ2n) is 2.55. The van der Waals surface area contributed by atoms with Crippen LogP contribution < -0.4 is 0 Å². The van der Waals surface area contributed by atoms with Crippen LogP contribution in [-0.4, -0.2) is 5.25 Å². The third kappa shape index (κ3) is 0.948. The molecule has 0 N–H and O–H groups in total. The van der Waals surface area contributed by atoms with Crippen molar-refractivity contribution in [2.75, 3.05) is 0 Å². The van der Waals surface area contributed by atoms with Crippen LogP contribution in [-0.2, 0) is 6.42 Å². The van der Waals surface area contributed by atoms with Gasteiger partial charge in [0.15, 0.2) is 0 Å². The molecule has 1 aromatic carbocycles. The number of hydrogen-bond donors (Lipinski definition) is 0. The lowest BCUT2D eigenvalue weighted by Gasteiger charge is -1.93. The largest absolute Gasteiger partial charge is 0.122 e. The van der Waals surface area contributed by atoms with Gasteiger partial charge in [0.2, 0.25) is 0 Å². The van der Waals surface area contributed by atoms with Gasteiger partial charge in [-0.15, -0.1) is 11.8 Å². The quantitative estimate of drug-likeness (QED) is 0.546. The lowest BCUT2D eigenvalue weighted by molar-refractivity contribution is 1.03. The van der Waals surface area contributed by atoms with Gasteiger partial charge in [0.1, 0.15) is 0 Å². The molecule has 1 aliphatic rings. The fourth-order valence-electron chi connectivity index (χ4n) is 1.25. The molecule has 0 aromatic heterocycles. The van der Waals surface area contributed by atoms with E-state index in [0.717, 1.165) is 6.42 Å². The van der Waals surface area contributed by atoms with E-state index in [9.17, 15) is 0 Å². The highest BCUT2D eigenvalue weighted by molar-refractivity contribution is 8.00. The molecule has 51 valence electrons. The maximum atomic E-state index is 4.02. The summed E-state index contributed by atoms with van der Waals surface area (Å²) in [5, 5.41) is 0.539. The minimum Gasteiger partial charge on any atom is -0.122 e. The Bertz CT molecular complexity index is 217. The Morgan fingerprint density at radius 3 is 3.00 bits per heavy atom.